The molecule has 134 valence electrons. The average Bonchev–Trinajstić information content (AvgIpc) is 2.58. The molecule has 6 heteroatoms. The number of thiocarbonyl (C=S) groups is 1. The number of hydrogen-bond donors (Lipinski definition) is 2. The Morgan fingerprint density at radius 2 is 1.96 bits per heavy atom. The molecule has 0 heterocycles. The van der Waals surface area contributed by atoms with Gasteiger partial charge in [-0.3, -0.25) is 0 Å². The largest absolute Gasteiger partial charge is 0.496 e. The second-order valence-electron chi connectivity index (χ2n) is 6.02. The number of ether oxygens (including phenoxy) is 1. The van der Waals surface area contributed by atoms with Crippen molar-refractivity contribution in [2.75, 3.05) is 33.1 Å². The van der Waals surface area contributed by atoms with Crippen molar-refractivity contribution in [3.63, 3.8) is 0 Å². The Morgan fingerprint density at radius 1 is 1.24 bits per heavy atom. The number of hydrogen-bond acceptors (Lipinski definition) is 3. The van der Waals surface area contributed by atoms with Crippen LogP contribution in [0.15, 0.2) is 42.5 Å². The first-order valence-electron chi connectivity index (χ1n) is 8.02. The highest BCUT2D eigenvalue weighted by molar-refractivity contribution is 7.80. The summed E-state index contributed by atoms with van der Waals surface area (Å²) in [5.74, 6) is 0.868. The van der Waals surface area contributed by atoms with Crippen LogP contribution < -0.4 is 15.4 Å². The van der Waals surface area contributed by atoms with Gasteiger partial charge in [0.1, 0.15) is 5.75 Å². The Hall–Kier alpha value is -1.82. The lowest BCUT2D eigenvalue weighted by Crippen LogP contribution is -2.36. The van der Waals surface area contributed by atoms with Gasteiger partial charge in [-0.25, -0.2) is 0 Å². The summed E-state index contributed by atoms with van der Waals surface area (Å²) in [6.07, 6.45) is 0. The van der Waals surface area contributed by atoms with Crippen LogP contribution in [-0.4, -0.2) is 37.8 Å². The molecule has 25 heavy (non-hydrogen) atoms. The fraction of sp³-hybridized carbons (Fsp3) is 0.316. The van der Waals surface area contributed by atoms with Crippen LogP contribution in [-0.2, 0) is 0 Å². The minimum Gasteiger partial charge on any atom is -0.496 e. The third kappa shape index (κ3) is 5.33. The summed E-state index contributed by atoms with van der Waals surface area (Å²) in [5, 5.41) is 7.72. The van der Waals surface area contributed by atoms with E-state index in [0.29, 0.717) is 16.7 Å². The minimum atomic E-state index is 0.123. The first kappa shape index (κ1) is 19.5. The van der Waals surface area contributed by atoms with Crippen LogP contribution in [0.4, 0.5) is 5.69 Å². The van der Waals surface area contributed by atoms with Gasteiger partial charge in [-0.2, -0.15) is 0 Å². The first-order chi connectivity index (χ1) is 11.9. The van der Waals surface area contributed by atoms with Gasteiger partial charge in [-0.15, -0.1) is 0 Å². The van der Waals surface area contributed by atoms with Gasteiger partial charge in [0.15, 0.2) is 5.11 Å². The summed E-state index contributed by atoms with van der Waals surface area (Å²) < 4.78 is 5.49. The molecule has 0 radical (unpaired) electrons. The van der Waals surface area contributed by atoms with E-state index in [-0.39, 0.29) is 6.04 Å². The molecule has 0 saturated carbocycles. The summed E-state index contributed by atoms with van der Waals surface area (Å²) in [7, 11) is 5.76. The molecular weight excluding hydrogens is 354 g/mol. The number of nitrogens with one attached hydrogen (secondary N) is 2. The van der Waals surface area contributed by atoms with Crippen LogP contribution in [0.5, 0.6) is 5.75 Å². The fourth-order valence-corrected chi connectivity index (χ4v) is 2.93. The molecule has 4 nitrogen and oxygen atoms in total. The van der Waals surface area contributed by atoms with Crippen LogP contribution in [0, 0.1) is 6.92 Å². The number of anilines is 1. The predicted molar refractivity (Wildman–Crippen MR) is 110 cm³/mol. The zero-order valence-electron chi connectivity index (χ0n) is 15.0. The fourth-order valence-electron chi connectivity index (χ4n) is 2.55. The molecule has 0 aliphatic rings. The lowest BCUT2D eigenvalue weighted by atomic mass is 10.0. The molecule has 0 spiro atoms. The van der Waals surface area contributed by atoms with E-state index in [2.05, 4.69) is 21.6 Å². The topological polar surface area (TPSA) is 36.5 Å². The number of likely N-dealkylation sites (N-methyl/N-ethyl adjacent to an activating group) is 1. The quantitative estimate of drug-likeness (QED) is 0.736. The summed E-state index contributed by atoms with van der Waals surface area (Å²) in [4.78, 5) is 2.14. The number of benzene rings is 2. The van der Waals surface area contributed by atoms with Crippen molar-refractivity contribution < 1.29 is 4.74 Å². The van der Waals surface area contributed by atoms with E-state index in [1.54, 1.807) is 7.11 Å². The Morgan fingerprint density at radius 3 is 2.60 bits per heavy atom. The smallest absolute Gasteiger partial charge is 0.170 e. The van der Waals surface area contributed by atoms with Gasteiger partial charge in [-0.05, 0) is 57.0 Å². The van der Waals surface area contributed by atoms with Crippen molar-refractivity contribution >= 4 is 34.6 Å². The highest BCUT2D eigenvalue weighted by Gasteiger charge is 2.18. The van der Waals surface area contributed by atoms with Crippen LogP contribution >= 0.6 is 23.8 Å². The average molecular weight is 378 g/mol. The Labute approximate surface area is 160 Å². The van der Waals surface area contributed by atoms with Gasteiger partial charge in [0, 0.05) is 22.8 Å². The van der Waals surface area contributed by atoms with Crippen molar-refractivity contribution in [2.45, 2.75) is 13.0 Å². The Bertz CT molecular complexity index is 736. The molecular formula is C19H24ClN3OS. The highest BCUT2D eigenvalue weighted by atomic mass is 35.5. The molecule has 2 aromatic carbocycles. The van der Waals surface area contributed by atoms with Gasteiger partial charge in [0.05, 0.1) is 13.2 Å². The van der Waals surface area contributed by atoms with E-state index in [9.17, 15) is 0 Å². The van der Waals surface area contributed by atoms with E-state index in [1.807, 2.05) is 57.4 Å². The van der Waals surface area contributed by atoms with Gasteiger partial charge in [0.25, 0.3) is 0 Å². The van der Waals surface area contributed by atoms with Crippen LogP contribution in [0.1, 0.15) is 17.2 Å². The van der Waals surface area contributed by atoms with Crippen molar-refractivity contribution in [2.24, 2.45) is 0 Å². The molecule has 2 N–H and O–H groups in total. The molecule has 0 aliphatic carbocycles. The van der Waals surface area contributed by atoms with Crippen LogP contribution in [0.2, 0.25) is 5.02 Å². The molecule has 0 aliphatic heterocycles. The normalized spacial score (nSPS) is 11.9. The third-order valence-corrected chi connectivity index (χ3v) is 4.66. The summed E-state index contributed by atoms with van der Waals surface area (Å²) in [6.45, 7) is 2.62. The number of aryl methyl sites for hydroxylation is 1. The number of rotatable bonds is 6. The molecule has 0 aromatic heterocycles. The maximum atomic E-state index is 6.16. The maximum Gasteiger partial charge on any atom is 0.170 e. The van der Waals surface area contributed by atoms with Gasteiger partial charge >= 0.3 is 0 Å². The standard InChI is InChI=1S/C19H24ClN3OS/c1-13-9-10-14(11-16(13)20)22-19(25)21-12-17(23(2)3)15-7-5-6-8-18(15)24-4/h5-11,17H,12H2,1-4H3,(H2,21,22,25). The molecule has 0 saturated heterocycles. The van der Waals surface area contributed by atoms with Crippen molar-refractivity contribution in [1.82, 2.24) is 10.2 Å². The zero-order chi connectivity index (χ0) is 18.4. The number of para-hydroxylation sites is 1. The molecule has 2 rings (SSSR count). The zero-order valence-corrected chi connectivity index (χ0v) is 16.5. The van der Waals surface area contributed by atoms with Gasteiger partial charge < -0.3 is 20.3 Å². The second-order valence-corrected chi connectivity index (χ2v) is 6.84. The number of methoxy groups -OCH3 is 1. The molecule has 1 atom stereocenters. The summed E-state index contributed by atoms with van der Waals surface area (Å²) in [6, 6.07) is 13.9. The molecule has 0 fully saturated rings. The lowest BCUT2D eigenvalue weighted by molar-refractivity contribution is 0.288. The minimum absolute atomic E-state index is 0.123. The maximum absolute atomic E-state index is 6.16. The highest BCUT2D eigenvalue weighted by Crippen LogP contribution is 2.27. The Balaban J connectivity index is 2.03. The SMILES string of the molecule is COc1ccccc1C(CNC(=S)Nc1ccc(C)c(Cl)c1)N(C)C. The van der Waals surface area contributed by atoms with Crippen LogP contribution in [0.25, 0.3) is 0 Å². The van der Waals surface area contributed by atoms with E-state index in [4.69, 9.17) is 28.6 Å². The predicted octanol–water partition coefficient (Wildman–Crippen LogP) is 4.25. The lowest BCUT2D eigenvalue weighted by Gasteiger charge is -2.27. The summed E-state index contributed by atoms with van der Waals surface area (Å²) in [5.41, 5.74) is 3.02. The number of halogens is 1. The van der Waals surface area contributed by atoms with E-state index in [0.717, 1.165) is 22.6 Å². The van der Waals surface area contributed by atoms with Crippen molar-refractivity contribution in [3.8, 4) is 5.75 Å². The van der Waals surface area contributed by atoms with Gasteiger partial charge in [0.2, 0.25) is 0 Å². The summed E-state index contributed by atoms with van der Waals surface area (Å²) >= 11 is 11.6. The van der Waals surface area contributed by atoms with E-state index in [1.165, 1.54) is 0 Å². The van der Waals surface area contributed by atoms with Crippen molar-refractivity contribution in [3.05, 3.63) is 58.6 Å². The third-order valence-electron chi connectivity index (χ3n) is 4.01. The van der Waals surface area contributed by atoms with E-state index >= 15 is 0 Å². The van der Waals surface area contributed by atoms with E-state index < -0.39 is 0 Å². The molecule has 2 aromatic rings. The number of nitrogens with zero attached hydrogens (tertiary/aromatic N) is 1. The Kier molecular flexibility index (Phi) is 7.05. The first-order valence-corrected chi connectivity index (χ1v) is 8.81. The molecule has 0 amide bonds. The van der Waals surface area contributed by atoms with Crippen LogP contribution in [0.3, 0.4) is 0 Å². The molecule has 0 bridgehead atoms. The molecule has 1 unspecified atom stereocenters. The second kappa shape index (κ2) is 9.04. The monoisotopic (exact) mass is 377 g/mol. The van der Waals surface area contributed by atoms with Gasteiger partial charge in [-0.1, -0.05) is 35.9 Å². The van der Waals surface area contributed by atoms with Crippen molar-refractivity contribution in [1.29, 1.82) is 0 Å².